The van der Waals surface area contributed by atoms with Crippen molar-refractivity contribution in [1.82, 2.24) is 10.6 Å². The van der Waals surface area contributed by atoms with Crippen molar-refractivity contribution in [3.8, 4) is 0 Å². The molecular weight excluding hydrogens is 755 g/mol. The molecule has 2 aromatic carbocycles. The molecule has 2 aliphatic heterocycles. The quantitative estimate of drug-likeness (QED) is 0.164. The van der Waals surface area contributed by atoms with Gasteiger partial charge in [0, 0.05) is 59.0 Å². The Labute approximate surface area is 352 Å². The second-order valence-electron chi connectivity index (χ2n) is 20.4. The van der Waals surface area contributed by atoms with E-state index in [4.69, 9.17) is 28.3 Å². The number of benzene rings is 2. The predicted octanol–water partition coefficient (Wildman–Crippen LogP) is 11.9. The maximum absolute atomic E-state index is 12.3. The molecule has 2 amide bonds. The molecule has 0 spiro atoms. The predicted molar refractivity (Wildman–Crippen MR) is 235 cm³/mol. The molecular formula is C48H68Cl2N2O5. The standard InChI is InChI=1S/C24H34ClNO3.C24H34ClNO2/c1-22(2,3)11-9-16-7-8-17(13-18(16)25)24(6)14-20(27)26-15-19(24)23(4,5)12-10-21(28)29;1-22(2,3)12-10-17-8-9-18(14-19(17)25)24(6)15-21(28)26-16-20(24)23(4,5)11-7-13-27/h7-8,13,15H,9-12,14H2,1-6H3,(H,26,27)(H,28,29);8-9,13-14,16H,7,10-12,15H2,1-6H3,(H,26,28). The van der Waals surface area contributed by atoms with E-state index in [0.29, 0.717) is 25.7 Å². The van der Waals surface area contributed by atoms with Gasteiger partial charge in [-0.25, -0.2) is 0 Å². The zero-order valence-electron chi connectivity index (χ0n) is 36.6. The number of carboxylic acid groups (broad SMARTS) is 1. The second-order valence-corrected chi connectivity index (χ2v) is 21.2. The maximum Gasteiger partial charge on any atom is 0.303 e. The third kappa shape index (κ3) is 13.0. The molecule has 0 bridgehead atoms. The molecule has 0 aliphatic carbocycles. The molecule has 2 heterocycles. The van der Waals surface area contributed by atoms with E-state index in [0.717, 1.165) is 81.8 Å². The largest absolute Gasteiger partial charge is 0.481 e. The van der Waals surface area contributed by atoms with Crippen molar-refractivity contribution < 1.29 is 24.3 Å². The number of amides is 2. The molecule has 7 nitrogen and oxygen atoms in total. The van der Waals surface area contributed by atoms with Crippen LogP contribution in [0.15, 0.2) is 59.9 Å². The van der Waals surface area contributed by atoms with E-state index in [1.54, 1.807) is 6.20 Å². The van der Waals surface area contributed by atoms with Crippen molar-refractivity contribution in [3.63, 3.8) is 0 Å². The van der Waals surface area contributed by atoms with E-state index < -0.39 is 16.8 Å². The first-order chi connectivity index (χ1) is 26.1. The molecule has 4 rings (SSSR count). The molecule has 0 saturated carbocycles. The van der Waals surface area contributed by atoms with Gasteiger partial charge in [-0.1, -0.05) is 131 Å². The van der Waals surface area contributed by atoms with Gasteiger partial charge in [0.2, 0.25) is 11.8 Å². The Morgan fingerprint density at radius 3 is 1.40 bits per heavy atom. The highest BCUT2D eigenvalue weighted by atomic mass is 35.5. The Hall–Kier alpha value is -3.42. The Morgan fingerprint density at radius 1 is 0.684 bits per heavy atom. The number of carboxylic acids is 1. The van der Waals surface area contributed by atoms with Gasteiger partial charge >= 0.3 is 5.97 Å². The van der Waals surface area contributed by atoms with Crippen LogP contribution in [0.1, 0.15) is 157 Å². The maximum atomic E-state index is 12.3. The highest BCUT2D eigenvalue weighted by Gasteiger charge is 2.44. The van der Waals surface area contributed by atoms with Gasteiger partial charge in [0.25, 0.3) is 0 Å². The third-order valence-electron chi connectivity index (χ3n) is 12.0. The summed E-state index contributed by atoms with van der Waals surface area (Å²) in [6, 6.07) is 12.4. The van der Waals surface area contributed by atoms with Crippen LogP contribution >= 0.6 is 23.2 Å². The number of hydrogen-bond acceptors (Lipinski definition) is 4. The topological polar surface area (TPSA) is 113 Å². The highest BCUT2D eigenvalue weighted by Crippen LogP contribution is 2.50. The number of allylic oxidation sites excluding steroid dienone is 2. The number of rotatable bonds is 14. The summed E-state index contributed by atoms with van der Waals surface area (Å²) in [4.78, 5) is 46.6. The molecule has 0 saturated heterocycles. The van der Waals surface area contributed by atoms with Gasteiger partial charge in [0.05, 0.1) is 0 Å². The molecule has 0 aromatic heterocycles. The van der Waals surface area contributed by atoms with Crippen molar-refractivity contribution in [2.75, 3.05) is 0 Å². The molecule has 2 aromatic rings. The van der Waals surface area contributed by atoms with Gasteiger partial charge in [-0.3, -0.25) is 14.4 Å². The number of carbonyl (C=O) groups is 4. The smallest absolute Gasteiger partial charge is 0.303 e. The molecule has 2 atom stereocenters. The monoisotopic (exact) mass is 822 g/mol. The Balaban J connectivity index is 0.000000306. The van der Waals surface area contributed by atoms with Gasteiger partial charge in [-0.15, -0.1) is 0 Å². The fourth-order valence-electron chi connectivity index (χ4n) is 8.27. The van der Waals surface area contributed by atoms with E-state index in [1.807, 2.05) is 32.2 Å². The molecule has 314 valence electrons. The van der Waals surface area contributed by atoms with Crippen LogP contribution in [0.5, 0.6) is 0 Å². The van der Waals surface area contributed by atoms with Crippen LogP contribution in [0.3, 0.4) is 0 Å². The normalized spacial score (nSPS) is 20.4. The number of aldehydes is 1. The van der Waals surface area contributed by atoms with E-state index >= 15 is 0 Å². The summed E-state index contributed by atoms with van der Waals surface area (Å²) in [6.45, 7) is 25.9. The number of hydrogen-bond donors (Lipinski definition) is 3. The van der Waals surface area contributed by atoms with Gasteiger partial charge in [-0.05, 0) is 106 Å². The van der Waals surface area contributed by atoms with Crippen LogP contribution in [0, 0.1) is 21.7 Å². The van der Waals surface area contributed by atoms with Crippen LogP contribution < -0.4 is 10.6 Å². The molecule has 2 aliphatic rings. The minimum absolute atomic E-state index is 0.00497. The average Bonchev–Trinajstić information content (AvgIpc) is 3.08. The average molecular weight is 824 g/mol. The lowest BCUT2D eigenvalue weighted by molar-refractivity contribution is -0.137. The van der Waals surface area contributed by atoms with Crippen LogP contribution in [0.2, 0.25) is 10.0 Å². The highest BCUT2D eigenvalue weighted by molar-refractivity contribution is 6.31. The number of carbonyl (C=O) groups excluding carboxylic acids is 3. The van der Waals surface area contributed by atoms with Gasteiger partial charge in [-0.2, -0.15) is 0 Å². The summed E-state index contributed by atoms with van der Waals surface area (Å²) in [5.74, 6) is -0.852. The number of halogens is 2. The summed E-state index contributed by atoms with van der Waals surface area (Å²) >= 11 is 13.3. The second kappa shape index (κ2) is 18.7. The van der Waals surface area contributed by atoms with Crippen LogP contribution in [0.4, 0.5) is 0 Å². The molecule has 0 fully saturated rings. The van der Waals surface area contributed by atoms with E-state index in [-0.39, 0.29) is 39.9 Å². The molecule has 0 radical (unpaired) electrons. The fraction of sp³-hybridized carbons (Fsp3) is 0.583. The van der Waals surface area contributed by atoms with Gasteiger partial charge in [0.1, 0.15) is 6.29 Å². The van der Waals surface area contributed by atoms with Gasteiger partial charge in [0.15, 0.2) is 0 Å². The minimum atomic E-state index is -0.813. The number of aliphatic carboxylic acids is 1. The summed E-state index contributed by atoms with van der Waals surface area (Å²) < 4.78 is 0. The zero-order chi connectivity index (χ0) is 43.2. The summed E-state index contributed by atoms with van der Waals surface area (Å²) in [6.07, 6.45) is 11.0. The van der Waals surface area contributed by atoms with Crippen molar-refractivity contribution in [2.45, 2.75) is 158 Å². The molecule has 57 heavy (non-hydrogen) atoms. The van der Waals surface area contributed by atoms with E-state index in [9.17, 15) is 19.2 Å². The number of nitrogens with one attached hydrogen (secondary N) is 2. The molecule has 3 N–H and O–H groups in total. The van der Waals surface area contributed by atoms with Crippen molar-refractivity contribution in [2.24, 2.45) is 21.7 Å². The van der Waals surface area contributed by atoms with E-state index in [1.165, 1.54) is 0 Å². The summed E-state index contributed by atoms with van der Waals surface area (Å²) in [5.41, 5.74) is 5.41. The number of aryl methyl sites for hydroxylation is 2. The third-order valence-corrected chi connectivity index (χ3v) is 12.7. The Bertz CT molecular complexity index is 1860. The SMILES string of the molecule is CC(C)(C)CCc1ccc(C2(C)CC(=O)NC=C2C(C)(C)CCC(=O)O)cc1Cl.CC(C)(C)CCc1ccc(C2(C)CC(=O)NC=C2C(C)(C)CCC=O)cc1Cl. The Kier molecular flexibility index (Phi) is 15.7. The van der Waals surface area contributed by atoms with Crippen LogP contribution in [-0.4, -0.2) is 29.2 Å². The minimum Gasteiger partial charge on any atom is -0.481 e. The first-order valence-electron chi connectivity index (χ1n) is 20.4. The van der Waals surface area contributed by atoms with E-state index in [2.05, 4.69) is 104 Å². The summed E-state index contributed by atoms with van der Waals surface area (Å²) in [5, 5.41) is 16.3. The molecule has 2 unspecified atom stereocenters. The zero-order valence-corrected chi connectivity index (χ0v) is 38.1. The lowest BCUT2D eigenvalue weighted by atomic mass is 9.62. The van der Waals surface area contributed by atoms with Gasteiger partial charge < -0.3 is 20.5 Å². The lowest BCUT2D eigenvalue weighted by Gasteiger charge is -2.43. The molecule has 9 heteroatoms. The van der Waals surface area contributed by atoms with Crippen molar-refractivity contribution in [3.05, 3.63) is 92.2 Å². The lowest BCUT2D eigenvalue weighted by Crippen LogP contribution is -2.43. The fourth-order valence-corrected chi connectivity index (χ4v) is 8.82. The summed E-state index contributed by atoms with van der Waals surface area (Å²) in [7, 11) is 0. The van der Waals surface area contributed by atoms with Crippen molar-refractivity contribution in [1.29, 1.82) is 0 Å². The van der Waals surface area contributed by atoms with Crippen LogP contribution in [-0.2, 0) is 42.8 Å². The first kappa shape index (κ1) is 48.0. The first-order valence-corrected chi connectivity index (χ1v) is 21.1. The Morgan fingerprint density at radius 2 is 1.07 bits per heavy atom. The van der Waals surface area contributed by atoms with Crippen molar-refractivity contribution >= 4 is 47.3 Å². The van der Waals surface area contributed by atoms with Crippen LogP contribution in [0.25, 0.3) is 0 Å².